The number of nitrogens with zero attached hydrogens (tertiary/aromatic N) is 4. The van der Waals surface area contributed by atoms with Gasteiger partial charge < -0.3 is 10.0 Å². The molecular weight excluding hydrogens is 324 g/mol. The Morgan fingerprint density at radius 3 is 2.60 bits per heavy atom. The van der Waals surface area contributed by atoms with Gasteiger partial charge in [0.1, 0.15) is 11.4 Å². The summed E-state index contributed by atoms with van der Waals surface area (Å²) >= 11 is 0. The van der Waals surface area contributed by atoms with Crippen LogP contribution < -0.4 is 4.90 Å². The molecule has 0 saturated carbocycles. The SMILES string of the molecule is CCN1CCC(=O)c2cc(N=Nc3ccc([N+](=O)[O-])cc3)c(O)cc21. The predicted molar refractivity (Wildman–Crippen MR) is 92.2 cm³/mol. The number of phenolic OH excluding ortho intramolecular Hbond substituents is 1. The van der Waals surface area contributed by atoms with Gasteiger partial charge in [0.05, 0.1) is 16.3 Å². The van der Waals surface area contributed by atoms with E-state index in [1.54, 1.807) is 0 Å². The van der Waals surface area contributed by atoms with Crippen LogP contribution in [0.4, 0.5) is 22.7 Å². The minimum absolute atomic E-state index is 0.00601. The summed E-state index contributed by atoms with van der Waals surface area (Å²) in [5.74, 6) is -0.0657. The fourth-order valence-corrected chi connectivity index (χ4v) is 2.70. The highest BCUT2D eigenvalue weighted by Crippen LogP contribution is 2.38. The summed E-state index contributed by atoms with van der Waals surface area (Å²) in [7, 11) is 0. The van der Waals surface area contributed by atoms with E-state index in [4.69, 9.17) is 0 Å². The molecule has 0 radical (unpaired) electrons. The maximum atomic E-state index is 12.1. The normalized spacial score (nSPS) is 14.0. The van der Waals surface area contributed by atoms with Gasteiger partial charge in [-0.2, -0.15) is 5.11 Å². The molecule has 1 aliphatic rings. The highest BCUT2D eigenvalue weighted by Gasteiger charge is 2.24. The number of fused-ring (bicyclic) bond motifs is 1. The molecule has 0 fully saturated rings. The first-order chi connectivity index (χ1) is 12.0. The zero-order valence-electron chi connectivity index (χ0n) is 13.5. The second kappa shape index (κ2) is 6.68. The zero-order valence-corrected chi connectivity index (χ0v) is 13.5. The van der Waals surface area contributed by atoms with E-state index in [0.29, 0.717) is 29.9 Å². The number of benzene rings is 2. The van der Waals surface area contributed by atoms with Crippen LogP contribution in [0.2, 0.25) is 0 Å². The molecule has 1 heterocycles. The summed E-state index contributed by atoms with van der Waals surface area (Å²) < 4.78 is 0. The van der Waals surface area contributed by atoms with Crippen molar-refractivity contribution < 1.29 is 14.8 Å². The molecule has 1 N–H and O–H groups in total. The maximum Gasteiger partial charge on any atom is 0.269 e. The number of rotatable bonds is 4. The van der Waals surface area contributed by atoms with Crippen molar-refractivity contribution in [1.82, 2.24) is 0 Å². The fraction of sp³-hybridized carbons (Fsp3) is 0.235. The van der Waals surface area contributed by atoms with E-state index in [2.05, 4.69) is 10.2 Å². The molecule has 0 aliphatic carbocycles. The van der Waals surface area contributed by atoms with Crippen LogP contribution in [0.25, 0.3) is 0 Å². The molecule has 0 amide bonds. The summed E-state index contributed by atoms with van der Waals surface area (Å²) in [6, 6.07) is 8.62. The van der Waals surface area contributed by atoms with Gasteiger partial charge in [0.2, 0.25) is 0 Å². The third kappa shape index (κ3) is 3.32. The molecule has 0 atom stereocenters. The first-order valence-corrected chi connectivity index (χ1v) is 7.81. The Bertz CT molecular complexity index is 862. The number of ketones is 1. The Hall–Kier alpha value is -3.29. The second-order valence-electron chi connectivity index (χ2n) is 5.58. The summed E-state index contributed by atoms with van der Waals surface area (Å²) in [6.07, 6.45) is 0.421. The van der Waals surface area contributed by atoms with Crippen LogP contribution in [0.1, 0.15) is 23.7 Å². The van der Waals surface area contributed by atoms with Crippen molar-refractivity contribution in [2.45, 2.75) is 13.3 Å². The van der Waals surface area contributed by atoms with Crippen LogP contribution in [0.3, 0.4) is 0 Å². The Morgan fingerprint density at radius 2 is 1.96 bits per heavy atom. The van der Waals surface area contributed by atoms with Gasteiger partial charge in [0, 0.05) is 43.3 Å². The number of azo groups is 1. The van der Waals surface area contributed by atoms with Gasteiger partial charge in [-0.05, 0) is 25.1 Å². The summed E-state index contributed by atoms with van der Waals surface area (Å²) in [6.45, 7) is 3.35. The second-order valence-corrected chi connectivity index (χ2v) is 5.58. The fourth-order valence-electron chi connectivity index (χ4n) is 2.70. The van der Waals surface area contributed by atoms with E-state index in [0.717, 1.165) is 6.54 Å². The van der Waals surface area contributed by atoms with Crippen LogP contribution >= 0.6 is 0 Å². The van der Waals surface area contributed by atoms with Crippen LogP contribution in [-0.2, 0) is 0 Å². The number of hydrogen-bond donors (Lipinski definition) is 1. The lowest BCUT2D eigenvalue weighted by atomic mass is 9.99. The maximum absolute atomic E-state index is 12.1. The number of hydrogen-bond acceptors (Lipinski definition) is 7. The van der Waals surface area contributed by atoms with Gasteiger partial charge in [0.15, 0.2) is 5.78 Å². The number of carbonyl (C=O) groups is 1. The molecular formula is C17H16N4O4. The van der Waals surface area contributed by atoms with Gasteiger partial charge >= 0.3 is 0 Å². The Balaban J connectivity index is 1.91. The predicted octanol–water partition coefficient (Wildman–Crippen LogP) is 4.13. The first-order valence-electron chi connectivity index (χ1n) is 7.81. The number of phenols is 1. The summed E-state index contributed by atoms with van der Waals surface area (Å²) in [4.78, 5) is 24.3. The van der Waals surface area contributed by atoms with Crippen molar-refractivity contribution in [2.24, 2.45) is 10.2 Å². The van der Waals surface area contributed by atoms with Crippen molar-refractivity contribution in [3.8, 4) is 5.75 Å². The molecule has 2 aromatic carbocycles. The third-order valence-corrected chi connectivity index (χ3v) is 4.06. The highest BCUT2D eigenvalue weighted by atomic mass is 16.6. The Morgan fingerprint density at radius 1 is 1.24 bits per heavy atom. The average Bonchev–Trinajstić information content (AvgIpc) is 2.61. The van der Waals surface area contributed by atoms with Crippen molar-refractivity contribution in [3.63, 3.8) is 0 Å². The number of non-ortho nitro benzene ring substituents is 1. The molecule has 1 aliphatic heterocycles. The highest BCUT2D eigenvalue weighted by molar-refractivity contribution is 6.04. The van der Waals surface area contributed by atoms with Crippen LogP contribution in [-0.4, -0.2) is 28.9 Å². The van der Waals surface area contributed by atoms with Gasteiger partial charge in [-0.15, -0.1) is 5.11 Å². The number of anilines is 1. The number of nitro benzene ring substituents is 1. The minimum atomic E-state index is -0.499. The van der Waals surface area contributed by atoms with Crippen LogP contribution in [0.5, 0.6) is 5.75 Å². The number of aromatic hydroxyl groups is 1. The molecule has 128 valence electrons. The molecule has 8 nitrogen and oxygen atoms in total. The lowest BCUT2D eigenvalue weighted by Gasteiger charge is -2.29. The molecule has 0 unspecified atom stereocenters. The van der Waals surface area contributed by atoms with E-state index in [9.17, 15) is 20.0 Å². The van der Waals surface area contributed by atoms with Crippen LogP contribution in [0.15, 0.2) is 46.6 Å². The smallest absolute Gasteiger partial charge is 0.269 e. The van der Waals surface area contributed by atoms with Crippen LogP contribution in [0, 0.1) is 10.1 Å². The lowest BCUT2D eigenvalue weighted by Crippen LogP contribution is -2.31. The van der Waals surface area contributed by atoms with E-state index in [-0.39, 0.29) is 22.9 Å². The largest absolute Gasteiger partial charge is 0.506 e. The molecule has 0 spiro atoms. The minimum Gasteiger partial charge on any atom is -0.506 e. The number of carbonyl (C=O) groups excluding carboxylic acids is 1. The number of nitro groups is 1. The molecule has 2 aromatic rings. The Labute approximate surface area is 143 Å². The van der Waals surface area contributed by atoms with Gasteiger partial charge in [0.25, 0.3) is 5.69 Å². The quantitative estimate of drug-likeness (QED) is 0.511. The molecule has 0 bridgehead atoms. The zero-order chi connectivity index (χ0) is 18.0. The third-order valence-electron chi connectivity index (χ3n) is 4.06. The Kier molecular flexibility index (Phi) is 4.42. The molecule has 8 heteroatoms. The first kappa shape index (κ1) is 16.6. The van der Waals surface area contributed by atoms with Crippen molar-refractivity contribution in [1.29, 1.82) is 0 Å². The van der Waals surface area contributed by atoms with Crippen molar-refractivity contribution in [3.05, 3.63) is 52.1 Å². The average molecular weight is 340 g/mol. The lowest BCUT2D eigenvalue weighted by molar-refractivity contribution is -0.384. The van der Waals surface area contributed by atoms with Gasteiger partial charge in [-0.25, -0.2) is 0 Å². The van der Waals surface area contributed by atoms with E-state index in [1.165, 1.54) is 36.4 Å². The van der Waals surface area contributed by atoms with Gasteiger partial charge in [-0.3, -0.25) is 14.9 Å². The number of Topliss-reactive ketones (excluding diaryl/α,β-unsaturated/α-hetero) is 1. The van der Waals surface area contributed by atoms with Crippen molar-refractivity contribution in [2.75, 3.05) is 18.0 Å². The van der Waals surface area contributed by atoms with Crippen molar-refractivity contribution >= 4 is 28.5 Å². The van der Waals surface area contributed by atoms with Gasteiger partial charge in [-0.1, -0.05) is 0 Å². The molecule has 0 saturated heterocycles. The molecule has 0 aromatic heterocycles. The standard InChI is InChI=1S/C17H16N4O4/c1-2-20-8-7-16(22)13-9-14(17(23)10-15(13)20)19-18-11-3-5-12(6-4-11)21(24)25/h3-6,9-10,23H,2,7-8H2,1H3. The molecule has 3 rings (SSSR count). The van der Waals surface area contributed by atoms with E-state index < -0.39 is 4.92 Å². The monoisotopic (exact) mass is 340 g/mol. The van der Waals surface area contributed by atoms with E-state index in [1.807, 2.05) is 11.8 Å². The summed E-state index contributed by atoms with van der Waals surface area (Å²) in [5.41, 5.74) is 1.77. The summed E-state index contributed by atoms with van der Waals surface area (Å²) in [5, 5.41) is 28.8. The van der Waals surface area contributed by atoms with E-state index >= 15 is 0 Å². The topological polar surface area (TPSA) is 108 Å². The molecule has 25 heavy (non-hydrogen) atoms.